The van der Waals surface area contributed by atoms with Crippen LogP contribution in [0.3, 0.4) is 0 Å². The van der Waals surface area contributed by atoms with Crippen molar-refractivity contribution in [3.8, 4) is 11.5 Å². The Bertz CT molecular complexity index is 1420. The number of nitrogens with one attached hydrogen (secondary N) is 2. The molecule has 2 aliphatic rings. The lowest BCUT2D eigenvalue weighted by atomic mass is 9.75. The highest BCUT2D eigenvalue weighted by molar-refractivity contribution is 6.02. The molecule has 1 radical (unpaired) electrons. The molecule has 5 rings (SSSR count). The third kappa shape index (κ3) is 5.76. The van der Waals surface area contributed by atoms with Crippen LogP contribution in [0.4, 0.5) is 33.7 Å². The first-order chi connectivity index (χ1) is 18.4. The van der Waals surface area contributed by atoms with Crippen molar-refractivity contribution in [1.29, 1.82) is 0 Å². The molecule has 0 aliphatic carbocycles. The van der Waals surface area contributed by atoms with Gasteiger partial charge in [-0.2, -0.15) is 18.5 Å². The monoisotopic (exact) mass is 551 g/mol. The summed E-state index contributed by atoms with van der Waals surface area (Å²) in [5, 5.41) is 20.7. The maximum absolute atomic E-state index is 15.0. The summed E-state index contributed by atoms with van der Waals surface area (Å²) in [5.74, 6) is -3.96. The van der Waals surface area contributed by atoms with Crippen molar-refractivity contribution < 1.29 is 46.1 Å². The van der Waals surface area contributed by atoms with E-state index < -0.39 is 35.3 Å². The standard InChI is InChI=1S/C25H23F4N4O6/c1-24(36,10-37-19-4-13(39-22(34)25(27,28)29)5-20-21(19)31-11-38-20)8-12-9-30-3-2-14(12)15-6-17-18(7-16(15)26)33-23(35)32-17/h4-7,11-12,14,30,36H,2-3,8-10H2,1H3,(H,32,35)/t12?,14?,24-/m0/s1. The summed E-state index contributed by atoms with van der Waals surface area (Å²) in [5.41, 5.74) is -0.242. The van der Waals surface area contributed by atoms with Crippen LogP contribution in [0.25, 0.3) is 11.1 Å². The van der Waals surface area contributed by atoms with E-state index in [9.17, 15) is 27.9 Å². The topological polar surface area (TPSA) is 137 Å². The van der Waals surface area contributed by atoms with Crippen LogP contribution in [-0.2, 0) is 4.79 Å². The number of aliphatic hydroxyl groups is 1. The molecule has 3 atom stereocenters. The molecule has 3 N–H and O–H groups in total. The number of aromatic nitrogens is 1. The Morgan fingerprint density at radius 2 is 2.05 bits per heavy atom. The van der Waals surface area contributed by atoms with E-state index in [-0.39, 0.29) is 47.4 Å². The Hall–Kier alpha value is -3.91. The number of nitrogens with zero attached hydrogens (tertiary/aromatic N) is 2. The van der Waals surface area contributed by atoms with Crippen LogP contribution in [0.15, 0.2) is 35.1 Å². The van der Waals surface area contributed by atoms with Gasteiger partial charge in [-0.15, -0.1) is 0 Å². The van der Waals surface area contributed by atoms with Crippen molar-refractivity contribution in [3.05, 3.63) is 42.0 Å². The molecule has 2 aliphatic heterocycles. The van der Waals surface area contributed by atoms with Crippen molar-refractivity contribution in [2.45, 2.75) is 37.5 Å². The number of oxazole rings is 1. The fraction of sp³-hybridized carbons (Fsp3) is 0.400. The number of benzene rings is 2. The third-order valence-corrected chi connectivity index (χ3v) is 6.64. The molecule has 14 heteroatoms. The van der Waals surface area contributed by atoms with Gasteiger partial charge in [0.1, 0.15) is 18.2 Å². The molecule has 0 saturated carbocycles. The van der Waals surface area contributed by atoms with E-state index in [1.165, 1.54) is 13.0 Å². The van der Waals surface area contributed by atoms with Crippen LogP contribution in [0.5, 0.6) is 11.5 Å². The van der Waals surface area contributed by atoms with Gasteiger partial charge in [0.2, 0.25) is 0 Å². The maximum atomic E-state index is 15.0. The lowest BCUT2D eigenvalue weighted by molar-refractivity contribution is -0.189. The first kappa shape index (κ1) is 26.7. The Kier molecular flexibility index (Phi) is 6.84. The predicted octanol–water partition coefficient (Wildman–Crippen LogP) is 4.13. The van der Waals surface area contributed by atoms with Crippen LogP contribution >= 0.6 is 0 Å². The van der Waals surface area contributed by atoms with Crippen molar-refractivity contribution >= 4 is 34.5 Å². The molecule has 1 aromatic heterocycles. The number of amides is 2. The number of anilines is 1. The minimum absolute atomic E-state index is 0.0135. The highest BCUT2D eigenvalue weighted by Crippen LogP contribution is 2.41. The molecule has 10 nitrogen and oxygen atoms in total. The van der Waals surface area contributed by atoms with Crippen LogP contribution in [0.1, 0.15) is 31.2 Å². The molecule has 0 bridgehead atoms. The second-order valence-corrected chi connectivity index (χ2v) is 9.79. The summed E-state index contributed by atoms with van der Waals surface area (Å²) in [4.78, 5) is 26.8. The van der Waals surface area contributed by atoms with Gasteiger partial charge in [-0.05, 0) is 56.3 Å². The highest BCUT2D eigenvalue weighted by Gasteiger charge is 2.42. The van der Waals surface area contributed by atoms with Gasteiger partial charge in [0.05, 0.1) is 17.0 Å². The average molecular weight is 551 g/mol. The number of fused-ring (bicyclic) bond motifs is 2. The summed E-state index contributed by atoms with van der Waals surface area (Å²) < 4.78 is 68.2. The van der Waals surface area contributed by atoms with Crippen molar-refractivity contribution in [1.82, 2.24) is 15.6 Å². The minimum atomic E-state index is -5.20. The smallest absolute Gasteiger partial charge is 0.488 e. The first-order valence-electron chi connectivity index (χ1n) is 12.0. The van der Waals surface area contributed by atoms with Gasteiger partial charge < -0.3 is 29.6 Å². The molecule has 2 unspecified atom stereocenters. The zero-order valence-corrected chi connectivity index (χ0v) is 20.5. The van der Waals surface area contributed by atoms with Crippen LogP contribution in [0.2, 0.25) is 0 Å². The Morgan fingerprint density at radius 1 is 1.26 bits per heavy atom. The average Bonchev–Trinajstić information content (AvgIpc) is 3.47. The van der Waals surface area contributed by atoms with Gasteiger partial charge in [0, 0.05) is 18.2 Å². The van der Waals surface area contributed by atoms with E-state index in [4.69, 9.17) is 9.15 Å². The molecule has 2 aromatic carbocycles. The molecule has 39 heavy (non-hydrogen) atoms. The fourth-order valence-electron chi connectivity index (χ4n) is 4.96. The number of carbonyl (C=O) groups excluding carboxylic acids is 2. The number of urea groups is 1. The van der Waals surface area contributed by atoms with E-state index in [1.807, 2.05) is 0 Å². The molecular weight excluding hydrogens is 528 g/mol. The quantitative estimate of drug-likeness (QED) is 0.227. The second-order valence-electron chi connectivity index (χ2n) is 9.79. The number of hydrogen-bond donors (Lipinski definition) is 3. The Balaban J connectivity index is 1.32. The van der Waals surface area contributed by atoms with E-state index in [2.05, 4.69) is 25.7 Å². The fourth-order valence-corrected chi connectivity index (χ4v) is 4.96. The number of alkyl halides is 3. The summed E-state index contributed by atoms with van der Waals surface area (Å²) >= 11 is 0. The zero-order valence-electron chi connectivity index (χ0n) is 20.5. The normalized spacial score (nSPS) is 20.6. The number of hydrogen-bond acceptors (Lipinski definition) is 8. The second kappa shape index (κ2) is 10.0. The minimum Gasteiger partial charge on any atom is -0.488 e. The van der Waals surface area contributed by atoms with E-state index >= 15 is 4.39 Å². The number of esters is 1. The molecular formula is C25H23F4N4O6. The molecule has 0 spiro atoms. The predicted molar refractivity (Wildman–Crippen MR) is 127 cm³/mol. The van der Waals surface area contributed by atoms with Gasteiger partial charge in [0.15, 0.2) is 23.2 Å². The lowest BCUT2D eigenvalue weighted by Crippen LogP contribution is -2.42. The van der Waals surface area contributed by atoms with Crippen molar-refractivity contribution in [2.75, 3.05) is 25.0 Å². The van der Waals surface area contributed by atoms with Gasteiger partial charge >= 0.3 is 18.2 Å². The van der Waals surface area contributed by atoms with Gasteiger partial charge in [-0.3, -0.25) is 0 Å². The lowest BCUT2D eigenvalue weighted by Gasteiger charge is -2.37. The molecule has 3 aromatic rings. The molecule has 1 fully saturated rings. The van der Waals surface area contributed by atoms with Crippen molar-refractivity contribution in [2.24, 2.45) is 5.92 Å². The van der Waals surface area contributed by atoms with E-state index in [1.54, 1.807) is 6.07 Å². The number of rotatable bonds is 7. The molecule has 2 amide bonds. The summed E-state index contributed by atoms with van der Waals surface area (Å²) in [6.07, 6.45) is -3.41. The summed E-state index contributed by atoms with van der Waals surface area (Å²) in [7, 11) is 0. The zero-order chi connectivity index (χ0) is 27.9. The number of carbonyl (C=O) groups is 2. The summed E-state index contributed by atoms with van der Waals surface area (Å²) in [6.45, 7) is 2.31. The van der Waals surface area contributed by atoms with Crippen LogP contribution in [0, 0.1) is 11.7 Å². The van der Waals surface area contributed by atoms with E-state index in [0.29, 0.717) is 30.8 Å². The van der Waals surface area contributed by atoms with Gasteiger partial charge in [0.25, 0.3) is 0 Å². The van der Waals surface area contributed by atoms with Crippen LogP contribution in [-0.4, -0.2) is 53.6 Å². The molecule has 207 valence electrons. The maximum Gasteiger partial charge on any atom is 0.491 e. The third-order valence-electron chi connectivity index (χ3n) is 6.64. The van der Waals surface area contributed by atoms with Crippen molar-refractivity contribution in [3.63, 3.8) is 0 Å². The number of ether oxygens (including phenoxy) is 2. The Morgan fingerprint density at radius 3 is 2.82 bits per heavy atom. The molecule has 3 heterocycles. The first-order valence-corrected chi connectivity index (χ1v) is 12.0. The van der Waals surface area contributed by atoms with Gasteiger partial charge in [-0.1, -0.05) is 0 Å². The summed E-state index contributed by atoms with van der Waals surface area (Å²) in [6, 6.07) is 4.33. The van der Waals surface area contributed by atoms with E-state index in [0.717, 1.165) is 18.5 Å². The molecule has 1 saturated heterocycles. The SMILES string of the molecule is C[C@@](O)(COc1cc(OC(=O)C(F)(F)F)cc2ocnc12)CC1CNCCC1c1cc2c(cc1F)[N]C(=O)N2. The number of halogens is 4. The van der Waals surface area contributed by atoms with Crippen LogP contribution < -0.4 is 25.4 Å². The number of piperidine rings is 1. The van der Waals surface area contributed by atoms with Gasteiger partial charge in [-0.25, -0.2) is 19.0 Å². The highest BCUT2D eigenvalue weighted by atomic mass is 19.4. The largest absolute Gasteiger partial charge is 0.491 e. The Labute approximate surface area is 218 Å².